The average Bonchev–Trinajstić information content (AvgIpc) is 2.86. The van der Waals surface area contributed by atoms with E-state index >= 15 is 0 Å². The highest BCUT2D eigenvalue weighted by atomic mass is 32.1. The molecular weight excluding hydrogens is 232 g/mol. The molecule has 1 atom stereocenters. The molecule has 0 radical (unpaired) electrons. The first-order chi connectivity index (χ1) is 8.26. The van der Waals surface area contributed by atoms with E-state index in [4.69, 9.17) is 10.5 Å². The molecule has 0 bridgehead atoms. The maximum Gasteiger partial charge on any atom is 0.142 e. The van der Waals surface area contributed by atoms with Crippen LogP contribution in [0.1, 0.15) is 28.4 Å². The number of hydrogen-bond donors (Lipinski definition) is 1. The van der Waals surface area contributed by atoms with Crippen LogP contribution in [-0.4, -0.2) is 12.1 Å². The summed E-state index contributed by atoms with van der Waals surface area (Å²) in [6.07, 6.45) is 2.78. The fourth-order valence-electron chi connectivity index (χ4n) is 1.70. The van der Waals surface area contributed by atoms with Crippen molar-refractivity contribution in [2.75, 3.05) is 7.11 Å². The summed E-state index contributed by atoms with van der Waals surface area (Å²) in [7, 11) is 1.64. The smallest absolute Gasteiger partial charge is 0.142 e. The zero-order valence-corrected chi connectivity index (χ0v) is 10.8. The van der Waals surface area contributed by atoms with Crippen molar-refractivity contribution in [3.63, 3.8) is 0 Å². The molecule has 2 aromatic rings. The molecule has 2 rings (SSSR count). The highest BCUT2D eigenvalue weighted by Gasteiger charge is 2.16. The monoisotopic (exact) mass is 248 g/mol. The van der Waals surface area contributed by atoms with Crippen molar-refractivity contribution < 1.29 is 4.74 Å². The van der Waals surface area contributed by atoms with Crippen molar-refractivity contribution in [3.05, 3.63) is 45.9 Å². The minimum absolute atomic E-state index is 0.212. The number of methoxy groups -OCH3 is 1. The molecule has 0 aromatic carbocycles. The molecule has 0 saturated carbocycles. The van der Waals surface area contributed by atoms with Crippen LogP contribution in [0.3, 0.4) is 0 Å². The van der Waals surface area contributed by atoms with Crippen LogP contribution in [0, 0.1) is 0 Å². The van der Waals surface area contributed by atoms with E-state index in [-0.39, 0.29) is 6.04 Å². The third kappa shape index (κ3) is 2.48. The van der Waals surface area contributed by atoms with Gasteiger partial charge in [0.15, 0.2) is 0 Å². The summed E-state index contributed by atoms with van der Waals surface area (Å²) in [5, 5.41) is 0. The standard InChI is InChI=1S/C13H16N2OS/c1-3-9-6-7-11(17-9)12(14)13-10(16-2)5-4-8-15-13/h4-8,12H,3,14H2,1-2H3. The summed E-state index contributed by atoms with van der Waals surface area (Å²) in [4.78, 5) is 6.78. The number of nitrogens with two attached hydrogens (primary N) is 1. The molecule has 2 aromatic heterocycles. The van der Waals surface area contributed by atoms with Crippen LogP contribution in [0.2, 0.25) is 0 Å². The van der Waals surface area contributed by atoms with Gasteiger partial charge in [-0.05, 0) is 30.7 Å². The maximum atomic E-state index is 6.23. The number of ether oxygens (including phenoxy) is 1. The Hall–Kier alpha value is -1.39. The maximum absolute atomic E-state index is 6.23. The molecule has 17 heavy (non-hydrogen) atoms. The van der Waals surface area contributed by atoms with Gasteiger partial charge in [-0.25, -0.2) is 0 Å². The molecule has 2 N–H and O–H groups in total. The van der Waals surface area contributed by atoms with Crippen LogP contribution >= 0.6 is 11.3 Å². The number of thiophene rings is 1. The topological polar surface area (TPSA) is 48.1 Å². The predicted molar refractivity (Wildman–Crippen MR) is 70.5 cm³/mol. The van der Waals surface area contributed by atoms with E-state index in [0.717, 1.165) is 22.7 Å². The first kappa shape index (κ1) is 12.1. The number of nitrogens with zero attached hydrogens (tertiary/aromatic N) is 1. The number of pyridine rings is 1. The summed E-state index contributed by atoms with van der Waals surface area (Å²) in [5.74, 6) is 0.742. The van der Waals surface area contributed by atoms with E-state index in [1.807, 2.05) is 12.1 Å². The zero-order chi connectivity index (χ0) is 12.3. The quantitative estimate of drug-likeness (QED) is 0.905. The Morgan fingerprint density at radius 3 is 2.88 bits per heavy atom. The zero-order valence-electron chi connectivity index (χ0n) is 10.0. The van der Waals surface area contributed by atoms with Crippen LogP contribution in [0.15, 0.2) is 30.5 Å². The van der Waals surface area contributed by atoms with Crippen molar-refractivity contribution >= 4 is 11.3 Å². The molecule has 0 spiro atoms. The lowest BCUT2D eigenvalue weighted by Gasteiger charge is -2.12. The normalized spacial score (nSPS) is 12.4. The van der Waals surface area contributed by atoms with Crippen molar-refractivity contribution in [1.29, 1.82) is 0 Å². The van der Waals surface area contributed by atoms with E-state index in [1.165, 1.54) is 4.88 Å². The minimum atomic E-state index is -0.212. The molecule has 0 saturated heterocycles. The SMILES string of the molecule is CCc1ccc(C(N)c2ncccc2OC)s1. The largest absolute Gasteiger partial charge is 0.495 e. The fraction of sp³-hybridized carbons (Fsp3) is 0.308. The second-order valence-corrected chi connectivity index (χ2v) is 4.93. The average molecular weight is 248 g/mol. The third-order valence-electron chi connectivity index (χ3n) is 2.65. The summed E-state index contributed by atoms with van der Waals surface area (Å²) in [6.45, 7) is 2.14. The van der Waals surface area contributed by atoms with Crippen LogP contribution in [0.5, 0.6) is 5.75 Å². The van der Waals surface area contributed by atoms with Gasteiger partial charge in [-0.2, -0.15) is 0 Å². The highest BCUT2D eigenvalue weighted by molar-refractivity contribution is 7.12. The van der Waals surface area contributed by atoms with Gasteiger partial charge in [0.1, 0.15) is 11.4 Å². The van der Waals surface area contributed by atoms with Crippen molar-refractivity contribution in [2.24, 2.45) is 5.73 Å². The van der Waals surface area contributed by atoms with Gasteiger partial charge in [-0.15, -0.1) is 11.3 Å². The molecule has 1 unspecified atom stereocenters. The number of aromatic nitrogens is 1. The molecule has 3 nitrogen and oxygen atoms in total. The van der Waals surface area contributed by atoms with Crippen LogP contribution in [-0.2, 0) is 6.42 Å². The Bertz CT molecular complexity index is 496. The minimum Gasteiger partial charge on any atom is -0.495 e. The summed E-state index contributed by atoms with van der Waals surface area (Å²) >= 11 is 1.73. The molecule has 90 valence electrons. The molecule has 0 aliphatic heterocycles. The lowest BCUT2D eigenvalue weighted by atomic mass is 10.1. The van der Waals surface area contributed by atoms with Crippen LogP contribution < -0.4 is 10.5 Å². The van der Waals surface area contributed by atoms with Gasteiger partial charge < -0.3 is 10.5 Å². The molecule has 0 amide bonds. The molecule has 0 fully saturated rings. The molecule has 4 heteroatoms. The van der Waals surface area contributed by atoms with Crippen LogP contribution in [0.25, 0.3) is 0 Å². The van der Waals surface area contributed by atoms with Gasteiger partial charge in [0.2, 0.25) is 0 Å². The molecule has 0 aliphatic rings. The van der Waals surface area contributed by atoms with Gasteiger partial charge in [0, 0.05) is 16.0 Å². The third-order valence-corrected chi connectivity index (χ3v) is 3.96. The first-order valence-electron chi connectivity index (χ1n) is 5.59. The van der Waals surface area contributed by atoms with Crippen molar-refractivity contribution in [1.82, 2.24) is 4.98 Å². The lowest BCUT2D eigenvalue weighted by molar-refractivity contribution is 0.405. The summed E-state index contributed by atoms with van der Waals surface area (Å²) < 4.78 is 5.28. The van der Waals surface area contributed by atoms with Gasteiger partial charge >= 0.3 is 0 Å². The van der Waals surface area contributed by atoms with E-state index in [1.54, 1.807) is 24.6 Å². The number of aryl methyl sites for hydroxylation is 1. The van der Waals surface area contributed by atoms with Crippen LogP contribution in [0.4, 0.5) is 0 Å². The predicted octanol–water partition coefficient (Wildman–Crippen LogP) is 2.76. The number of rotatable bonds is 4. The Labute approximate surface area is 105 Å². The number of hydrogen-bond acceptors (Lipinski definition) is 4. The first-order valence-corrected chi connectivity index (χ1v) is 6.41. The second kappa shape index (κ2) is 5.29. The van der Waals surface area contributed by atoms with Gasteiger partial charge in [-0.3, -0.25) is 4.98 Å². The van der Waals surface area contributed by atoms with Gasteiger partial charge in [0.25, 0.3) is 0 Å². The van der Waals surface area contributed by atoms with Gasteiger partial charge in [0.05, 0.1) is 13.2 Å². The Morgan fingerprint density at radius 1 is 1.41 bits per heavy atom. The van der Waals surface area contributed by atoms with E-state index in [9.17, 15) is 0 Å². The fourth-order valence-corrected chi connectivity index (χ4v) is 2.65. The van der Waals surface area contributed by atoms with Gasteiger partial charge in [-0.1, -0.05) is 6.92 Å². The second-order valence-electron chi connectivity index (χ2n) is 3.73. The summed E-state index contributed by atoms with van der Waals surface area (Å²) in [5.41, 5.74) is 7.02. The molecule has 2 heterocycles. The Kier molecular flexibility index (Phi) is 3.76. The van der Waals surface area contributed by atoms with E-state index in [2.05, 4.69) is 24.0 Å². The van der Waals surface area contributed by atoms with E-state index < -0.39 is 0 Å². The molecular formula is C13H16N2OS. The van der Waals surface area contributed by atoms with Crippen molar-refractivity contribution in [3.8, 4) is 5.75 Å². The summed E-state index contributed by atoms with van der Waals surface area (Å²) in [6, 6.07) is 7.71. The molecule has 0 aliphatic carbocycles. The Morgan fingerprint density at radius 2 is 2.24 bits per heavy atom. The van der Waals surface area contributed by atoms with Crippen molar-refractivity contribution in [2.45, 2.75) is 19.4 Å². The Balaban J connectivity index is 2.32. The highest BCUT2D eigenvalue weighted by Crippen LogP contribution is 2.30. The lowest BCUT2D eigenvalue weighted by Crippen LogP contribution is -2.13. The van der Waals surface area contributed by atoms with E-state index in [0.29, 0.717) is 0 Å².